The summed E-state index contributed by atoms with van der Waals surface area (Å²) in [6.07, 6.45) is 2.98. The Bertz CT molecular complexity index is 773. The van der Waals surface area contributed by atoms with Gasteiger partial charge in [0.05, 0.1) is 16.1 Å². The van der Waals surface area contributed by atoms with Crippen molar-refractivity contribution < 1.29 is 18.3 Å². The van der Waals surface area contributed by atoms with E-state index in [1.54, 1.807) is 19.1 Å². The van der Waals surface area contributed by atoms with Gasteiger partial charge in [-0.15, -0.1) is 0 Å². The van der Waals surface area contributed by atoms with Crippen LogP contribution in [0.4, 0.5) is 5.69 Å². The lowest BCUT2D eigenvalue weighted by Gasteiger charge is -2.20. The fourth-order valence-electron chi connectivity index (χ4n) is 1.85. The van der Waals surface area contributed by atoms with Crippen molar-refractivity contribution in [2.75, 3.05) is 11.4 Å². The van der Waals surface area contributed by atoms with E-state index in [1.165, 1.54) is 37.6 Å². The molecule has 2 rings (SSSR count). The predicted molar refractivity (Wildman–Crippen MR) is 78.0 cm³/mol. The maximum Gasteiger partial charge on any atom is 0.335 e. The van der Waals surface area contributed by atoms with Gasteiger partial charge in [-0.25, -0.2) is 13.2 Å². The Hall–Kier alpha value is -2.41. The number of aromatic carboxylic acids is 1. The van der Waals surface area contributed by atoms with Crippen LogP contribution in [0.25, 0.3) is 0 Å². The molecule has 0 spiro atoms. The highest BCUT2D eigenvalue weighted by atomic mass is 32.2. The summed E-state index contributed by atoms with van der Waals surface area (Å²) in [6, 6.07) is 7.16. The number of rotatable bonds is 4. The quantitative estimate of drug-likeness (QED) is 0.932. The van der Waals surface area contributed by atoms with Gasteiger partial charge >= 0.3 is 5.97 Å². The molecule has 1 heterocycles. The van der Waals surface area contributed by atoms with E-state index in [2.05, 4.69) is 4.98 Å². The monoisotopic (exact) mass is 306 g/mol. The van der Waals surface area contributed by atoms with E-state index in [-0.39, 0.29) is 10.5 Å². The molecule has 0 saturated carbocycles. The number of sulfonamides is 1. The number of hydrogen-bond donors (Lipinski definition) is 1. The summed E-state index contributed by atoms with van der Waals surface area (Å²) < 4.78 is 26.4. The second-order valence-electron chi connectivity index (χ2n) is 4.46. The Labute approximate surface area is 122 Å². The first kappa shape index (κ1) is 15.0. The number of carboxylic acids is 1. The van der Waals surface area contributed by atoms with Gasteiger partial charge < -0.3 is 5.11 Å². The second kappa shape index (κ2) is 5.53. The van der Waals surface area contributed by atoms with Crippen molar-refractivity contribution in [3.8, 4) is 0 Å². The number of carbonyl (C=O) groups is 1. The molecular weight excluding hydrogens is 292 g/mol. The summed E-state index contributed by atoms with van der Waals surface area (Å²) >= 11 is 0. The fourth-order valence-corrected chi connectivity index (χ4v) is 3.30. The van der Waals surface area contributed by atoms with Crippen molar-refractivity contribution in [3.05, 3.63) is 53.9 Å². The summed E-state index contributed by atoms with van der Waals surface area (Å²) in [6.45, 7) is 1.62. The van der Waals surface area contributed by atoms with Crippen LogP contribution in [-0.2, 0) is 10.0 Å². The molecule has 0 fully saturated rings. The molecule has 6 nitrogen and oxygen atoms in total. The molecule has 1 aromatic heterocycles. The maximum atomic E-state index is 12.6. The van der Waals surface area contributed by atoms with Crippen LogP contribution < -0.4 is 4.31 Å². The summed E-state index contributed by atoms with van der Waals surface area (Å²) in [4.78, 5) is 14.8. The van der Waals surface area contributed by atoms with Crippen LogP contribution in [0.5, 0.6) is 0 Å². The molecule has 7 heteroatoms. The SMILES string of the molecule is Cc1ccc(C(=O)O)cc1S(=O)(=O)N(C)c1ccncc1. The van der Waals surface area contributed by atoms with Crippen molar-refractivity contribution in [3.63, 3.8) is 0 Å². The number of aromatic nitrogens is 1. The van der Waals surface area contributed by atoms with E-state index < -0.39 is 16.0 Å². The van der Waals surface area contributed by atoms with Gasteiger partial charge in [0.25, 0.3) is 10.0 Å². The van der Waals surface area contributed by atoms with E-state index in [1.807, 2.05) is 0 Å². The molecule has 21 heavy (non-hydrogen) atoms. The number of aryl methyl sites for hydroxylation is 1. The first-order valence-electron chi connectivity index (χ1n) is 6.07. The van der Waals surface area contributed by atoms with Crippen molar-refractivity contribution in [2.24, 2.45) is 0 Å². The molecule has 0 saturated heterocycles. The highest BCUT2D eigenvalue weighted by Crippen LogP contribution is 2.24. The average Bonchev–Trinajstić information content (AvgIpc) is 2.47. The normalized spacial score (nSPS) is 11.1. The maximum absolute atomic E-state index is 12.6. The number of hydrogen-bond acceptors (Lipinski definition) is 4. The number of nitrogens with zero attached hydrogens (tertiary/aromatic N) is 2. The Morgan fingerprint density at radius 1 is 1.19 bits per heavy atom. The van der Waals surface area contributed by atoms with E-state index in [0.29, 0.717) is 11.3 Å². The van der Waals surface area contributed by atoms with Crippen LogP contribution in [0.3, 0.4) is 0 Å². The Kier molecular flexibility index (Phi) is 3.95. The van der Waals surface area contributed by atoms with Crippen LogP contribution in [0.15, 0.2) is 47.6 Å². The fraction of sp³-hybridized carbons (Fsp3) is 0.143. The molecular formula is C14H14N2O4S. The zero-order valence-electron chi connectivity index (χ0n) is 11.5. The van der Waals surface area contributed by atoms with Gasteiger partial charge in [-0.2, -0.15) is 0 Å². The van der Waals surface area contributed by atoms with Gasteiger partial charge in [-0.1, -0.05) is 6.07 Å². The molecule has 1 aromatic carbocycles. The minimum Gasteiger partial charge on any atom is -0.478 e. The molecule has 0 unspecified atom stereocenters. The van der Waals surface area contributed by atoms with Crippen LogP contribution in [0.1, 0.15) is 15.9 Å². The lowest BCUT2D eigenvalue weighted by Crippen LogP contribution is -2.27. The molecule has 0 aliphatic carbocycles. The van der Waals surface area contributed by atoms with Crippen LogP contribution in [0, 0.1) is 6.92 Å². The zero-order chi connectivity index (χ0) is 15.6. The minimum atomic E-state index is -3.84. The van der Waals surface area contributed by atoms with E-state index in [0.717, 1.165) is 4.31 Å². The van der Waals surface area contributed by atoms with E-state index >= 15 is 0 Å². The summed E-state index contributed by atoms with van der Waals surface area (Å²) in [5.41, 5.74) is 0.869. The smallest absolute Gasteiger partial charge is 0.335 e. The van der Waals surface area contributed by atoms with Crippen LogP contribution >= 0.6 is 0 Å². The predicted octanol–water partition coefficient (Wildman–Crippen LogP) is 1.91. The summed E-state index contributed by atoms with van der Waals surface area (Å²) in [7, 11) is -2.42. The van der Waals surface area contributed by atoms with Gasteiger partial charge in [0.2, 0.25) is 0 Å². The van der Waals surface area contributed by atoms with Gasteiger partial charge in [0.1, 0.15) is 0 Å². The van der Waals surface area contributed by atoms with E-state index in [4.69, 9.17) is 5.11 Å². The lowest BCUT2D eigenvalue weighted by molar-refractivity contribution is 0.0696. The van der Waals surface area contributed by atoms with Gasteiger partial charge in [-0.05, 0) is 36.8 Å². The molecule has 2 aromatic rings. The highest BCUT2D eigenvalue weighted by Gasteiger charge is 2.24. The summed E-state index contributed by atoms with van der Waals surface area (Å²) in [5.74, 6) is -1.17. The Morgan fingerprint density at radius 3 is 2.38 bits per heavy atom. The topological polar surface area (TPSA) is 87.6 Å². The van der Waals surface area contributed by atoms with Crippen LogP contribution in [0.2, 0.25) is 0 Å². The lowest BCUT2D eigenvalue weighted by atomic mass is 10.1. The first-order chi connectivity index (χ1) is 9.84. The molecule has 0 amide bonds. The highest BCUT2D eigenvalue weighted by molar-refractivity contribution is 7.92. The Morgan fingerprint density at radius 2 is 1.81 bits per heavy atom. The molecule has 0 aliphatic heterocycles. The third kappa shape index (κ3) is 2.87. The minimum absolute atomic E-state index is 0.0262. The van der Waals surface area contributed by atoms with Crippen LogP contribution in [-0.4, -0.2) is 31.5 Å². The third-order valence-electron chi connectivity index (χ3n) is 3.10. The molecule has 0 aliphatic rings. The van der Waals surface area contributed by atoms with Crippen molar-refractivity contribution in [1.29, 1.82) is 0 Å². The largest absolute Gasteiger partial charge is 0.478 e. The first-order valence-corrected chi connectivity index (χ1v) is 7.51. The molecule has 1 N–H and O–H groups in total. The number of pyridine rings is 1. The van der Waals surface area contributed by atoms with E-state index in [9.17, 15) is 13.2 Å². The number of anilines is 1. The van der Waals surface area contributed by atoms with Crippen molar-refractivity contribution in [1.82, 2.24) is 4.98 Å². The second-order valence-corrected chi connectivity index (χ2v) is 6.40. The molecule has 0 radical (unpaired) electrons. The van der Waals surface area contributed by atoms with Crippen molar-refractivity contribution >= 4 is 21.7 Å². The molecule has 0 bridgehead atoms. The van der Waals surface area contributed by atoms with Crippen molar-refractivity contribution in [2.45, 2.75) is 11.8 Å². The molecule has 110 valence electrons. The summed E-state index contributed by atoms with van der Waals surface area (Å²) in [5, 5.41) is 9.00. The number of carboxylic acid groups (broad SMARTS) is 1. The van der Waals surface area contributed by atoms with Gasteiger partial charge in [0.15, 0.2) is 0 Å². The standard InChI is InChI=1S/C14H14N2O4S/c1-10-3-4-11(14(17)18)9-13(10)21(19,20)16(2)12-5-7-15-8-6-12/h3-9H,1-2H3,(H,17,18). The third-order valence-corrected chi connectivity index (χ3v) is 5.03. The van der Waals surface area contributed by atoms with Gasteiger partial charge in [-0.3, -0.25) is 9.29 Å². The zero-order valence-corrected chi connectivity index (χ0v) is 12.3. The molecule has 0 atom stereocenters. The number of benzene rings is 1. The average molecular weight is 306 g/mol. The van der Waals surface area contributed by atoms with Gasteiger partial charge in [0, 0.05) is 19.4 Å². The Balaban J connectivity index is 2.54.